The van der Waals surface area contributed by atoms with Crippen molar-refractivity contribution in [2.75, 3.05) is 6.54 Å². The predicted octanol–water partition coefficient (Wildman–Crippen LogP) is 1.41. The van der Waals surface area contributed by atoms with Gasteiger partial charge in [-0.2, -0.15) is 8.78 Å². The smallest absolute Gasteiger partial charge is 0.315 e. The monoisotopic (exact) mass is 165 g/mol. The van der Waals surface area contributed by atoms with Gasteiger partial charge in [0.2, 0.25) is 0 Å². The second-order valence-electron chi connectivity index (χ2n) is 3.58. The Kier molecular flexibility index (Phi) is 3.42. The molecule has 1 N–H and O–H groups in total. The highest BCUT2D eigenvalue weighted by Gasteiger charge is 2.17. The molecule has 0 saturated heterocycles. The molecule has 1 amide bonds. The highest BCUT2D eigenvalue weighted by Crippen LogP contribution is 2.10. The number of hydrogen-bond acceptors (Lipinski definition) is 1. The maximum atomic E-state index is 11.6. The molecule has 0 bridgehead atoms. The van der Waals surface area contributed by atoms with Crippen LogP contribution in [0.15, 0.2) is 0 Å². The molecule has 0 aromatic rings. The van der Waals surface area contributed by atoms with E-state index in [1.54, 1.807) is 0 Å². The largest absolute Gasteiger partial charge is 0.351 e. The lowest BCUT2D eigenvalue weighted by Crippen LogP contribution is -2.35. The van der Waals surface area contributed by atoms with Crippen molar-refractivity contribution in [1.29, 1.82) is 0 Å². The van der Waals surface area contributed by atoms with Crippen LogP contribution in [0, 0.1) is 5.41 Å². The van der Waals surface area contributed by atoms with E-state index >= 15 is 0 Å². The summed E-state index contributed by atoms with van der Waals surface area (Å²) >= 11 is 0. The Hall–Kier alpha value is -0.670. The molecule has 0 fully saturated rings. The molecular formula is C7H13F2NO. The summed E-state index contributed by atoms with van der Waals surface area (Å²) in [5, 5.41) is 2.13. The molecule has 0 aliphatic rings. The van der Waals surface area contributed by atoms with Gasteiger partial charge >= 0.3 is 6.43 Å². The highest BCUT2D eigenvalue weighted by molar-refractivity contribution is 5.79. The van der Waals surface area contributed by atoms with Gasteiger partial charge in [0.25, 0.3) is 5.91 Å². The van der Waals surface area contributed by atoms with Gasteiger partial charge in [0.15, 0.2) is 0 Å². The molecule has 0 aromatic carbocycles. The summed E-state index contributed by atoms with van der Waals surface area (Å²) in [5.74, 6) is -1.19. The summed E-state index contributed by atoms with van der Waals surface area (Å²) in [4.78, 5) is 10.3. The van der Waals surface area contributed by atoms with Crippen molar-refractivity contribution < 1.29 is 13.6 Å². The summed E-state index contributed by atoms with van der Waals surface area (Å²) in [5.41, 5.74) is -0.148. The number of amides is 1. The zero-order valence-electron chi connectivity index (χ0n) is 6.95. The Morgan fingerprint density at radius 1 is 1.45 bits per heavy atom. The lowest BCUT2D eigenvalue weighted by atomic mass is 9.97. The molecule has 66 valence electrons. The van der Waals surface area contributed by atoms with Crippen molar-refractivity contribution in [3.8, 4) is 0 Å². The van der Waals surface area contributed by atoms with Gasteiger partial charge in [0, 0.05) is 6.54 Å². The van der Waals surface area contributed by atoms with Crippen LogP contribution in [0.5, 0.6) is 0 Å². The van der Waals surface area contributed by atoms with Gasteiger partial charge in [-0.15, -0.1) is 0 Å². The third-order valence-electron chi connectivity index (χ3n) is 0.991. The molecule has 2 nitrogen and oxygen atoms in total. The first kappa shape index (κ1) is 10.3. The van der Waals surface area contributed by atoms with Gasteiger partial charge in [-0.1, -0.05) is 20.8 Å². The van der Waals surface area contributed by atoms with Gasteiger partial charge in [-0.3, -0.25) is 4.79 Å². The third kappa shape index (κ3) is 5.76. The maximum absolute atomic E-state index is 11.6. The molecule has 0 atom stereocenters. The Morgan fingerprint density at radius 3 is 2.18 bits per heavy atom. The Balaban J connectivity index is 3.64. The van der Waals surface area contributed by atoms with Crippen LogP contribution >= 0.6 is 0 Å². The van der Waals surface area contributed by atoms with E-state index in [0.29, 0.717) is 0 Å². The van der Waals surface area contributed by atoms with Crippen molar-refractivity contribution in [1.82, 2.24) is 5.32 Å². The van der Waals surface area contributed by atoms with Crippen LogP contribution in [0.4, 0.5) is 8.78 Å². The normalized spacial score (nSPS) is 11.8. The van der Waals surface area contributed by atoms with Gasteiger partial charge in [0.05, 0.1) is 0 Å². The molecule has 0 heterocycles. The average molecular weight is 165 g/mol. The first-order valence-corrected chi connectivity index (χ1v) is 3.39. The number of hydrogen-bond donors (Lipinski definition) is 1. The number of alkyl halides is 2. The zero-order valence-corrected chi connectivity index (χ0v) is 6.95. The van der Waals surface area contributed by atoms with Crippen molar-refractivity contribution in [3.05, 3.63) is 0 Å². The SMILES string of the molecule is CC(C)(C)CNC(=O)C(F)F. The van der Waals surface area contributed by atoms with Crippen LogP contribution in [0.2, 0.25) is 0 Å². The fourth-order valence-electron chi connectivity index (χ4n) is 0.429. The molecule has 0 spiro atoms. The van der Waals surface area contributed by atoms with Gasteiger partial charge in [0.1, 0.15) is 0 Å². The number of nitrogens with one attached hydrogen (secondary N) is 1. The molecule has 0 aromatic heterocycles. The summed E-state index contributed by atoms with van der Waals surface area (Å²) in [7, 11) is 0. The molecule has 0 unspecified atom stereocenters. The summed E-state index contributed by atoms with van der Waals surface area (Å²) < 4.78 is 23.2. The van der Waals surface area contributed by atoms with Crippen molar-refractivity contribution in [2.45, 2.75) is 27.2 Å². The average Bonchev–Trinajstić information content (AvgIpc) is 1.80. The third-order valence-corrected chi connectivity index (χ3v) is 0.991. The molecule has 0 aliphatic carbocycles. The maximum Gasteiger partial charge on any atom is 0.315 e. The lowest BCUT2D eigenvalue weighted by molar-refractivity contribution is -0.132. The second-order valence-corrected chi connectivity index (χ2v) is 3.58. The van der Waals surface area contributed by atoms with Gasteiger partial charge in [-0.05, 0) is 5.41 Å². The quantitative estimate of drug-likeness (QED) is 0.658. The second kappa shape index (κ2) is 3.64. The van der Waals surface area contributed by atoms with E-state index < -0.39 is 12.3 Å². The van der Waals surface area contributed by atoms with E-state index in [0.717, 1.165) is 0 Å². The number of rotatable bonds is 2. The highest BCUT2D eigenvalue weighted by atomic mass is 19.3. The molecule has 0 aliphatic heterocycles. The molecule has 4 heteroatoms. The van der Waals surface area contributed by atoms with E-state index in [1.165, 1.54) is 0 Å². The molecule has 11 heavy (non-hydrogen) atoms. The zero-order chi connectivity index (χ0) is 9.07. The fourth-order valence-corrected chi connectivity index (χ4v) is 0.429. The fraction of sp³-hybridized carbons (Fsp3) is 0.857. The van der Waals surface area contributed by atoms with Crippen LogP contribution in [0.3, 0.4) is 0 Å². The lowest BCUT2D eigenvalue weighted by Gasteiger charge is -2.18. The van der Waals surface area contributed by atoms with Crippen molar-refractivity contribution >= 4 is 5.91 Å². The summed E-state index contributed by atoms with van der Waals surface area (Å²) in [6, 6.07) is 0. The number of halogens is 2. The van der Waals surface area contributed by atoms with E-state index in [2.05, 4.69) is 5.32 Å². The summed E-state index contributed by atoms with van der Waals surface area (Å²) in [6.45, 7) is 5.85. The van der Waals surface area contributed by atoms with Crippen LogP contribution in [-0.4, -0.2) is 18.9 Å². The van der Waals surface area contributed by atoms with Crippen LogP contribution in [-0.2, 0) is 4.79 Å². The van der Waals surface area contributed by atoms with E-state index in [4.69, 9.17) is 0 Å². The minimum absolute atomic E-state index is 0.148. The van der Waals surface area contributed by atoms with Crippen LogP contribution in [0.25, 0.3) is 0 Å². The van der Waals surface area contributed by atoms with E-state index in [9.17, 15) is 13.6 Å². The first-order chi connectivity index (χ1) is 4.83. The van der Waals surface area contributed by atoms with Crippen LogP contribution < -0.4 is 5.32 Å². The minimum atomic E-state index is -2.91. The molecular weight excluding hydrogens is 152 g/mol. The molecule has 0 rings (SSSR count). The van der Waals surface area contributed by atoms with E-state index in [-0.39, 0.29) is 12.0 Å². The Morgan fingerprint density at radius 2 is 1.91 bits per heavy atom. The minimum Gasteiger partial charge on any atom is -0.351 e. The van der Waals surface area contributed by atoms with Crippen molar-refractivity contribution in [3.63, 3.8) is 0 Å². The molecule has 0 saturated carbocycles. The summed E-state index contributed by atoms with van der Waals surface area (Å²) in [6.07, 6.45) is -2.91. The van der Waals surface area contributed by atoms with E-state index in [1.807, 2.05) is 20.8 Å². The Bertz CT molecular complexity index is 140. The number of carbonyl (C=O) groups excluding carboxylic acids is 1. The first-order valence-electron chi connectivity index (χ1n) is 3.39. The topological polar surface area (TPSA) is 29.1 Å². The number of carbonyl (C=O) groups is 1. The van der Waals surface area contributed by atoms with Gasteiger partial charge < -0.3 is 5.32 Å². The van der Waals surface area contributed by atoms with Crippen LogP contribution in [0.1, 0.15) is 20.8 Å². The van der Waals surface area contributed by atoms with Crippen molar-refractivity contribution in [2.24, 2.45) is 5.41 Å². The Labute approximate surface area is 65.0 Å². The molecule has 0 radical (unpaired) electrons. The predicted molar refractivity (Wildman–Crippen MR) is 38.5 cm³/mol. The van der Waals surface area contributed by atoms with Gasteiger partial charge in [-0.25, -0.2) is 0 Å². The standard InChI is InChI=1S/C7H13F2NO/c1-7(2,3)4-10-6(11)5(8)9/h5H,4H2,1-3H3,(H,10,11).